The minimum Gasteiger partial charge on any atom is -0.463 e. The molecule has 0 heterocycles. The maximum absolute atomic E-state index is 10.3. The predicted molar refractivity (Wildman–Crippen MR) is 71.9 cm³/mol. The van der Waals surface area contributed by atoms with Crippen LogP contribution in [0.1, 0.15) is 19.8 Å². The zero-order chi connectivity index (χ0) is 14.8. The average molecular weight is 278 g/mol. The van der Waals surface area contributed by atoms with Crippen molar-refractivity contribution in [2.45, 2.75) is 19.8 Å². The Kier molecular flexibility index (Phi) is 20.8. The van der Waals surface area contributed by atoms with Crippen LogP contribution in [0.4, 0.5) is 0 Å². The highest BCUT2D eigenvalue weighted by Gasteiger charge is 1.91. The third-order valence-electron chi connectivity index (χ3n) is 1.75. The van der Waals surface area contributed by atoms with E-state index in [1.165, 1.54) is 6.08 Å². The monoisotopic (exact) mass is 278 g/mol. The topological polar surface area (TPSA) is 85.2 Å². The van der Waals surface area contributed by atoms with E-state index in [9.17, 15) is 4.79 Å². The van der Waals surface area contributed by atoms with Crippen molar-refractivity contribution in [3.05, 3.63) is 12.7 Å². The van der Waals surface area contributed by atoms with Crippen molar-refractivity contribution >= 4 is 5.97 Å². The van der Waals surface area contributed by atoms with E-state index >= 15 is 0 Å². The van der Waals surface area contributed by atoms with Gasteiger partial charge in [0.1, 0.15) is 0 Å². The first-order valence-corrected chi connectivity index (χ1v) is 6.39. The van der Waals surface area contributed by atoms with Gasteiger partial charge in [-0.2, -0.15) is 0 Å². The molecule has 6 nitrogen and oxygen atoms in total. The number of rotatable bonds is 11. The Morgan fingerprint density at radius 3 is 1.95 bits per heavy atom. The van der Waals surface area contributed by atoms with Gasteiger partial charge in [0.25, 0.3) is 0 Å². The van der Waals surface area contributed by atoms with Gasteiger partial charge in [-0.25, -0.2) is 4.79 Å². The Hall–Kier alpha value is -0.950. The largest absolute Gasteiger partial charge is 0.463 e. The molecule has 0 saturated heterocycles. The van der Waals surface area contributed by atoms with Gasteiger partial charge in [0.05, 0.1) is 46.2 Å². The molecule has 19 heavy (non-hydrogen) atoms. The molecule has 0 fully saturated rings. The molecule has 0 unspecified atom stereocenters. The van der Waals surface area contributed by atoms with E-state index in [0.717, 1.165) is 12.8 Å². The van der Waals surface area contributed by atoms with Crippen LogP contribution in [0, 0.1) is 0 Å². The summed E-state index contributed by atoms with van der Waals surface area (Å²) in [7, 11) is 0. The van der Waals surface area contributed by atoms with Crippen LogP contribution in [0.3, 0.4) is 0 Å². The number of hydrogen-bond acceptors (Lipinski definition) is 6. The summed E-state index contributed by atoms with van der Waals surface area (Å²) in [5, 5.41) is 16.5. The number of ether oxygens (including phenoxy) is 3. The summed E-state index contributed by atoms with van der Waals surface area (Å²) in [4.78, 5) is 10.3. The first kappa shape index (κ1) is 20.4. The van der Waals surface area contributed by atoms with E-state index in [1.54, 1.807) is 0 Å². The second-order valence-corrected chi connectivity index (χ2v) is 3.40. The van der Waals surface area contributed by atoms with Crippen LogP contribution in [-0.2, 0) is 19.0 Å². The Bertz CT molecular complexity index is 188. The molecule has 0 amide bonds. The summed E-state index contributed by atoms with van der Waals surface area (Å²) in [6, 6.07) is 0. The van der Waals surface area contributed by atoms with Crippen molar-refractivity contribution in [2.24, 2.45) is 0 Å². The second kappa shape index (κ2) is 19.4. The predicted octanol–water partition coefficient (Wildman–Crippen LogP) is 0.520. The minimum absolute atomic E-state index is 0.0417. The van der Waals surface area contributed by atoms with Gasteiger partial charge in [0, 0.05) is 6.08 Å². The molecule has 0 spiro atoms. The second-order valence-electron chi connectivity index (χ2n) is 3.40. The SMILES string of the molecule is C=CC(=O)OCCCC.OCCOCCOCCO. The van der Waals surface area contributed by atoms with E-state index in [4.69, 9.17) is 19.7 Å². The van der Waals surface area contributed by atoms with Gasteiger partial charge in [-0.3, -0.25) is 0 Å². The molecule has 0 aromatic carbocycles. The Labute approximate surface area is 115 Å². The molecule has 0 aliphatic carbocycles. The minimum atomic E-state index is -0.330. The van der Waals surface area contributed by atoms with Gasteiger partial charge in [-0.1, -0.05) is 19.9 Å². The zero-order valence-corrected chi connectivity index (χ0v) is 11.7. The third-order valence-corrected chi connectivity index (χ3v) is 1.75. The van der Waals surface area contributed by atoms with Crippen LogP contribution < -0.4 is 0 Å². The fraction of sp³-hybridized carbons (Fsp3) is 0.769. The van der Waals surface area contributed by atoms with Crippen molar-refractivity contribution in [3.63, 3.8) is 0 Å². The van der Waals surface area contributed by atoms with E-state index in [2.05, 4.69) is 11.3 Å². The lowest BCUT2D eigenvalue weighted by molar-refractivity contribution is -0.137. The van der Waals surface area contributed by atoms with Crippen LogP contribution >= 0.6 is 0 Å². The molecule has 0 rings (SSSR count). The molecule has 0 bridgehead atoms. The standard InChI is InChI=1S/C7H12O2.C6H14O4/c1-3-5-6-9-7(8)4-2;7-1-3-9-5-6-10-4-2-8/h4H,2-3,5-6H2,1H3;7-8H,1-6H2. The molecule has 114 valence electrons. The number of hydrogen-bond donors (Lipinski definition) is 2. The number of aliphatic hydroxyl groups excluding tert-OH is 2. The summed E-state index contributed by atoms with van der Waals surface area (Å²) in [6.07, 6.45) is 3.15. The lowest BCUT2D eigenvalue weighted by Gasteiger charge is -2.01. The lowest BCUT2D eigenvalue weighted by atomic mass is 10.4. The number of carbonyl (C=O) groups is 1. The van der Waals surface area contributed by atoms with Gasteiger partial charge < -0.3 is 24.4 Å². The van der Waals surface area contributed by atoms with Crippen LogP contribution in [0.15, 0.2) is 12.7 Å². The number of unbranched alkanes of at least 4 members (excludes halogenated alkanes) is 1. The molecule has 0 aromatic heterocycles. The molecular weight excluding hydrogens is 252 g/mol. The summed E-state index contributed by atoms with van der Waals surface area (Å²) < 4.78 is 14.4. The molecule has 6 heteroatoms. The number of esters is 1. The van der Waals surface area contributed by atoms with Crippen molar-refractivity contribution in [1.29, 1.82) is 0 Å². The first-order valence-electron chi connectivity index (χ1n) is 6.39. The Balaban J connectivity index is 0. The summed E-state index contributed by atoms with van der Waals surface area (Å²) >= 11 is 0. The molecule has 0 saturated carbocycles. The van der Waals surface area contributed by atoms with Crippen LogP contribution in [0.25, 0.3) is 0 Å². The molecule has 0 aliphatic heterocycles. The first-order chi connectivity index (χ1) is 9.22. The maximum atomic E-state index is 10.3. The van der Waals surface area contributed by atoms with Crippen molar-refractivity contribution in [1.82, 2.24) is 0 Å². The Morgan fingerprint density at radius 1 is 1.05 bits per heavy atom. The van der Waals surface area contributed by atoms with E-state index in [1.807, 2.05) is 6.92 Å². The van der Waals surface area contributed by atoms with Crippen molar-refractivity contribution in [2.75, 3.05) is 46.2 Å². The highest BCUT2D eigenvalue weighted by Crippen LogP contribution is 1.88. The van der Waals surface area contributed by atoms with Crippen LogP contribution in [0.2, 0.25) is 0 Å². The molecule has 0 atom stereocenters. The quantitative estimate of drug-likeness (QED) is 0.325. The smallest absolute Gasteiger partial charge is 0.330 e. The Morgan fingerprint density at radius 2 is 1.58 bits per heavy atom. The van der Waals surface area contributed by atoms with Gasteiger partial charge in [0.2, 0.25) is 0 Å². The normalized spacial score (nSPS) is 9.42. The van der Waals surface area contributed by atoms with E-state index in [0.29, 0.717) is 33.0 Å². The third kappa shape index (κ3) is 22.7. The summed E-state index contributed by atoms with van der Waals surface area (Å²) in [5.74, 6) is -0.330. The fourth-order valence-corrected chi connectivity index (χ4v) is 0.827. The summed E-state index contributed by atoms with van der Waals surface area (Å²) in [6.45, 7) is 7.55. The lowest BCUT2D eigenvalue weighted by Crippen LogP contribution is -2.09. The summed E-state index contributed by atoms with van der Waals surface area (Å²) in [5.41, 5.74) is 0. The molecule has 0 radical (unpaired) electrons. The van der Waals surface area contributed by atoms with Crippen molar-refractivity contribution < 1.29 is 29.2 Å². The van der Waals surface area contributed by atoms with Crippen LogP contribution in [0.5, 0.6) is 0 Å². The molecular formula is C13H26O6. The molecule has 2 N–H and O–H groups in total. The molecule has 0 aromatic rings. The number of carbonyl (C=O) groups excluding carboxylic acids is 1. The van der Waals surface area contributed by atoms with Gasteiger partial charge in [-0.05, 0) is 6.42 Å². The van der Waals surface area contributed by atoms with Gasteiger partial charge in [-0.15, -0.1) is 0 Å². The maximum Gasteiger partial charge on any atom is 0.330 e. The van der Waals surface area contributed by atoms with Crippen LogP contribution in [-0.4, -0.2) is 62.4 Å². The van der Waals surface area contributed by atoms with Gasteiger partial charge in [0.15, 0.2) is 0 Å². The highest BCUT2D eigenvalue weighted by molar-refractivity contribution is 5.81. The molecule has 0 aliphatic rings. The van der Waals surface area contributed by atoms with E-state index in [-0.39, 0.29) is 19.2 Å². The number of aliphatic hydroxyl groups is 2. The van der Waals surface area contributed by atoms with E-state index < -0.39 is 0 Å². The van der Waals surface area contributed by atoms with Gasteiger partial charge >= 0.3 is 5.97 Å². The zero-order valence-electron chi connectivity index (χ0n) is 11.7. The highest BCUT2D eigenvalue weighted by atomic mass is 16.5. The fourth-order valence-electron chi connectivity index (χ4n) is 0.827. The average Bonchev–Trinajstić information content (AvgIpc) is 2.43. The van der Waals surface area contributed by atoms with Crippen molar-refractivity contribution in [3.8, 4) is 0 Å².